The van der Waals surface area contributed by atoms with Crippen molar-refractivity contribution in [2.45, 2.75) is 44.8 Å². The molecule has 2 fully saturated rings. The largest absolute Gasteiger partial charge is 0.481 e. The smallest absolute Gasteiger partial charge is 0.220 e. The van der Waals surface area contributed by atoms with Crippen LogP contribution in [0.15, 0.2) is 60.8 Å². The van der Waals surface area contributed by atoms with Crippen LogP contribution in [0.1, 0.15) is 36.3 Å². The summed E-state index contributed by atoms with van der Waals surface area (Å²) in [7, 11) is 1.60. The average molecular weight is 746 g/mol. The number of methoxy groups -OCH3 is 1. The maximum absolute atomic E-state index is 11.6. The van der Waals surface area contributed by atoms with Crippen molar-refractivity contribution in [2.24, 2.45) is 11.7 Å². The summed E-state index contributed by atoms with van der Waals surface area (Å²) in [6, 6.07) is 17.6. The number of halogens is 2. The molecular weight excluding hydrogens is 707 g/mol. The van der Waals surface area contributed by atoms with Crippen LogP contribution in [0.4, 0.5) is 11.5 Å². The summed E-state index contributed by atoms with van der Waals surface area (Å²) >= 11 is 15.8. The van der Waals surface area contributed by atoms with Crippen LogP contribution in [-0.2, 0) is 22.7 Å². The Kier molecular flexibility index (Phi) is 10.7. The molecule has 5 heterocycles. The molecular formula is C37H38Cl2N8O3S. The minimum absolute atomic E-state index is 0.0472. The van der Waals surface area contributed by atoms with Gasteiger partial charge in [0.25, 0.3) is 0 Å². The third kappa shape index (κ3) is 7.80. The number of hydrogen-bond acceptors (Lipinski definition) is 10. The molecule has 0 bridgehead atoms. The first-order chi connectivity index (χ1) is 24.8. The molecule has 0 aliphatic carbocycles. The zero-order chi connectivity index (χ0) is 35.5. The fourth-order valence-electron chi connectivity index (χ4n) is 6.67. The number of hydrogen-bond donors (Lipinski definition) is 4. The van der Waals surface area contributed by atoms with Gasteiger partial charge in [0.05, 0.1) is 39.8 Å². The maximum Gasteiger partial charge on any atom is 0.220 e. The normalized spacial score (nSPS) is 16.8. The average Bonchev–Trinajstić information content (AvgIpc) is 3.75. The van der Waals surface area contributed by atoms with Gasteiger partial charge in [-0.3, -0.25) is 14.5 Å². The van der Waals surface area contributed by atoms with Gasteiger partial charge in [0.2, 0.25) is 17.7 Å². The number of carbonyl (C=O) groups is 2. The predicted molar refractivity (Wildman–Crippen MR) is 202 cm³/mol. The summed E-state index contributed by atoms with van der Waals surface area (Å²) < 4.78 is 6.67. The number of likely N-dealkylation sites (tertiary alicyclic amines) is 1. The van der Waals surface area contributed by atoms with Gasteiger partial charge in [0.15, 0.2) is 5.82 Å². The van der Waals surface area contributed by atoms with E-state index < -0.39 is 0 Å². The fraction of sp³-hybridized carbons (Fsp3) is 0.324. The summed E-state index contributed by atoms with van der Waals surface area (Å²) in [5.74, 6) is 0.950. The molecule has 3 aromatic heterocycles. The number of benzene rings is 2. The molecule has 0 spiro atoms. The van der Waals surface area contributed by atoms with E-state index in [2.05, 4.69) is 25.8 Å². The zero-order valence-electron chi connectivity index (χ0n) is 28.0. The number of carbonyl (C=O) groups excluding carboxylic acids is 2. The van der Waals surface area contributed by atoms with Gasteiger partial charge in [-0.2, -0.15) is 0 Å². The van der Waals surface area contributed by atoms with E-state index in [-0.39, 0.29) is 23.8 Å². The molecule has 0 radical (unpaired) electrons. The minimum atomic E-state index is -0.213. The van der Waals surface area contributed by atoms with Crippen LogP contribution in [-0.4, -0.2) is 64.5 Å². The van der Waals surface area contributed by atoms with Gasteiger partial charge in [-0.25, -0.2) is 15.0 Å². The van der Waals surface area contributed by atoms with Crippen LogP contribution in [0, 0.1) is 5.92 Å². The van der Waals surface area contributed by atoms with Crippen molar-refractivity contribution in [1.29, 1.82) is 0 Å². The Labute approximate surface area is 309 Å². The number of primary amides is 1. The summed E-state index contributed by atoms with van der Waals surface area (Å²) in [6.45, 7) is 3.56. The number of pyridine rings is 2. The summed E-state index contributed by atoms with van der Waals surface area (Å²) in [5, 5.41) is 11.8. The lowest BCUT2D eigenvalue weighted by Crippen LogP contribution is -2.38. The Morgan fingerprint density at radius 1 is 1.02 bits per heavy atom. The number of anilines is 2. The van der Waals surface area contributed by atoms with Gasteiger partial charge in [0, 0.05) is 59.9 Å². The molecule has 5 aromatic rings. The van der Waals surface area contributed by atoms with Crippen LogP contribution in [0.3, 0.4) is 0 Å². The van der Waals surface area contributed by atoms with Gasteiger partial charge >= 0.3 is 0 Å². The van der Waals surface area contributed by atoms with Crippen molar-refractivity contribution in [3.63, 3.8) is 0 Å². The molecule has 0 unspecified atom stereocenters. The van der Waals surface area contributed by atoms with E-state index in [1.807, 2.05) is 54.6 Å². The number of aromatic nitrogens is 3. The molecule has 264 valence electrons. The highest BCUT2D eigenvalue weighted by atomic mass is 35.5. The maximum atomic E-state index is 11.6. The number of nitrogens with one attached hydrogen (secondary N) is 3. The second kappa shape index (κ2) is 15.5. The van der Waals surface area contributed by atoms with Crippen molar-refractivity contribution in [3.8, 4) is 28.3 Å². The number of amides is 2. The van der Waals surface area contributed by atoms with E-state index in [0.717, 1.165) is 69.8 Å². The van der Waals surface area contributed by atoms with Crippen LogP contribution < -0.4 is 26.4 Å². The summed E-state index contributed by atoms with van der Waals surface area (Å²) in [5.41, 5.74) is 10.8. The summed E-state index contributed by atoms with van der Waals surface area (Å²) in [6.07, 6.45) is 4.71. The predicted octanol–water partition coefficient (Wildman–Crippen LogP) is 6.54. The number of thiazole rings is 1. The van der Waals surface area contributed by atoms with Gasteiger partial charge in [-0.15, -0.1) is 11.3 Å². The molecule has 2 aliphatic rings. The van der Waals surface area contributed by atoms with E-state index in [9.17, 15) is 9.59 Å². The van der Waals surface area contributed by atoms with E-state index in [1.54, 1.807) is 24.6 Å². The van der Waals surface area contributed by atoms with Crippen molar-refractivity contribution in [1.82, 2.24) is 30.5 Å². The Hall–Kier alpha value is -4.33. The number of ether oxygens (including phenoxy) is 1. The van der Waals surface area contributed by atoms with Crippen LogP contribution in [0.2, 0.25) is 10.0 Å². The van der Waals surface area contributed by atoms with E-state index >= 15 is 0 Å². The number of fused-ring (bicyclic) bond motifs is 1. The minimum Gasteiger partial charge on any atom is -0.481 e. The van der Waals surface area contributed by atoms with Crippen molar-refractivity contribution >= 4 is 68.1 Å². The highest BCUT2D eigenvalue weighted by molar-refractivity contribution is 7.18. The second-order valence-electron chi connectivity index (χ2n) is 12.8. The molecule has 51 heavy (non-hydrogen) atoms. The van der Waals surface area contributed by atoms with Gasteiger partial charge in [-0.1, -0.05) is 59.6 Å². The number of nitrogens with zero attached hydrogens (tertiary/aromatic N) is 4. The van der Waals surface area contributed by atoms with E-state index in [1.165, 1.54) is 0 Å². The molecule has 1 atom stereocenters. The highest BCUT2D eigenvalue weighted by Crippen LogP contribution is 2.42. The quantitative estimate of drug-likeness (QED) is 0.112. The molecule has 7 rings (SSSR count). The monoisotopic (exact) mass is 744 g/mol. The molecule has 14 heteroatoms. The highest BCUT2D eigenvalue weighted by Gasteiger charge is 2.25. The number of rotatable bonds is 12. The van der Waals surface area contributed by atoms with Crippen LogP contribution in [0.25, 0.3) is 32.6 Å². The lowest BCUT2D eigenvalue weighted by molar-refractivity contribution is -0.123. The van der Waals surface area contributed by atoms with Gasteiger partial charge < -0.3 is 26.4 Å². The van der Waals surface area contributed by atoms with Gasteiger partial charge in [-0.05, 0) is 50.6 Å². The molecule has 2 aromatic carbocycles. The fourth-order valence-corrected chi connectivity index (χ4v) is 8.28. The Morgan fingerprint density at radius 2 is 1.78 bits per heavy atom. The molecule has 11 nitrogen and oxygen atoms in total. The molecule has 5 N–H and O–H groups in total. The molecule has 2 aliphatic heterocycles. The lowest BCUT2D eigenvalue weighted by atomic mass is 9.96. The first-order valence-electron chi connectivity index (χ1n) is 16.9. The van der Waals surface area contributed by atoms with E-state index in [4.69, 9.17) is 43.6 Å². The molecule has 2 saturated heterocycles. The third-order valence-corrected chi connectivity index (χ3v) is 11.3. The topological polar surface area (TPSA) is 147 Å². The van der Waals surface area contributed by atoms with Gasteiger partial charge in [0.1, 0.15) is 10.5 Å². The zero-order valence-corrected chi connectivity index (χ0v) is 30.4. The van der Waals surface area contributed by atoms with Crippen molar-refractivity contribution in [3.05, 3.63) is 81.4 Å². The van der Waals surface area contributed by atoms with Crippen LogP contribution in [0.5, 0.6) is 5.88 Å². The molecule has 0 saturated carbocycles. The van der Waals surface area contributed by atoms with Crippen molar-refractivity contribution in [2.75, 3.05) is 32.1 Å². The Bertz CT molecular complexity index is 2080. The summed E-state index contributed by atoms with van der Waals surface area (Å²) in [4.78, 5) is 39.8. The Balaban J connectivity index is 1.09. The SMILES string of the molecule is COc1nc(-c2cccc(-c3cccc(Nc4nccc5sc(CN6CCC(C(N)=O)CC6)nc45)c3Cl)c2Cl)ccc1CNC[C@H]1CCC(=O)N1. The number of nitrogens with two attached hydrogens (primary N) is 1. The second-order valence-corrected chi connectivity index (χ2v) is 14.7. The number of piperidine rings is 1. The lowest BCUT2D eigenvalue weighted by Gasteiger charge is -2.29. The third-order valence-electron chi connectivity index (χ3n) is 9.44. The molecule has 2 amide bonds. The van der Waals surface area contributed by atoms with Crippen molar-refractivity contribution < 1.29 is 14.3 Å². The van der Waals surface area contributed by atoms with E-state index in [0.29, 0.717) is 59.2 Å². The first-order valence-corrected chi connectivity index (χ1v) is 18.5. The Morgan fingerprint density at radius 3 is 2.53 bits per heavy atom. The first kappa shape index (κ1) is 35.1. The van der Waals surface area contributed by atoms with Crippen LogP contribution >= 0.6 is 34.5 Å². The standard InChI is InChI=1S/C37H38Cl2N8O3S/c1-50-37-22(18-41-19-23-9-11-30(48)43-23)8-10-27(45-37)26-6-2-4-24(32(26)38)25-5-3-7-28(33(25)39)44-36-34-29(12-15-42-36)51-31(46-34)20-47-16-13-21(14-17-47)35(40)49/h2-8,10,12,15,21,23,41H,9,11,13-14,16-20H2,1H3,(H2,40,49)(H,42,44)(H,43,48)/t23-/m1/s1.